The van der Waals surface area contributed by atoms with E-state index in [0.717, 1.165) is 4.90 Å². The van der Waals surface area contributed by atoms with Crippen LogP contribution in [0.15, 0.2) is 23.1 Å². The van der Waals surface area contributed by atoms with Crippen LogP contribution in [0.25, 0.3) is 0 Å². The molecule has 1 rings (SSSR count). The van der Waals surface area contributed by atoms with Gasteiger partial charge in [-0.05, 0) is 31.4 Å². The normalized spacial score (nSPS) is 12.2. The number of hydrogen-bond acceptors (Lipinski definition) is 2. The lowest BCUT2D eigenvalue weighted by Crippen LogP contribution is -2.33. The predicted molar refractivity (Wildman–Crippen MR) is 70.9 cm³/mol. The van der Waals surface area contributed by atoms with Crippen molar-refractivity contribution in [2.45, 2.75) is 17.9 Å². The lowest BCUT2D eigenvalue weighted by atomic mass is 10.2. The molecule has 1 aromatic carbocycles. The van der Waals surface area contributed by atoms with Crippen LogP contribution in [0.3, 0.4) is 0 Å². The summed E-state index contributed by atoms with van der Waals surface area (Å²) in [5, 5.41) is 3.23. The zero-order chi connectivity index (χ0) is 12.1. The zero-order valence-corrected chi connectivity index (χ0v) is 11.4. The van der Waals surface area contributed by atoms with E-state index in [2.05, 4.69) is 5.32 Å². The van der Waals surface area contributed by atoms with Gasteiger partial charge in [-0.1, -0.05) is 11.6 Å². The number of halogens is 2. The predicted octanol–water partition coefficient (Wildman–Crippen LogP) is 3.42. The van der Waals surface area contributed by atoms with Crippen LogP contribution >= 0.6 is 35.0 Å². The van der Waals surface area contributed by atoms with E-state index in [9.17, 15) is 4.79 Å². The van der Waals surface area contributed by atoms with Crippen LogP contribution in [0, 0.1) is 0 Å². The SMILES string of the molecule is CSc1ccc(Cl)c(C(=O)NC(C)CCl)c1. The lowest BCUT2D eigenvalue weighted by molar-refractivity contribution is 0.0943. The molecule has 0 aliphatic heterocycles. The molecule has 88 valence electrons. The second-order valence-electron chi connectivity index (χ2n) is 3.37. The Morgan fingerprint density at radius 3 is 2.81 bits per heavy atom. The number of alkyl halides is 1. The Hall–Kier alpha value is -0.380. The third-order valence-electron chi connectivity index (χ3n) is 2.03. The molecule has 1 aromatic rings. The molecule has 5 heteroatoms. The fourth-order valence-corrected chi connectivity index (χ4v) is 1.87. The third kappa shape index (κ3) is 3.58. The van der Waals surface area contributed by atoms with Gasteiger partial charge in [0.2, 0.25) is 0 Å². The number of amides is 1. The molecule has 1 N–H and O–H groups in total. The highest BCUT2D eigenvalue weighted by Crippen LogP contribution is 2.22. The molecule has 0 fully saturated rings. The first kappa shape index (κ1) is 13.7. The Morgan fingerprint density at radius 2 is 2.25 bits per heavy atom. The van der Waals surface area contributed by atoms with E-state index in [1.807, 2.05) is 19.2 Å². The molecule has 0 bridgehead atoms. The molecule has 16 heavy (non-hydrogen) atoms. The quantitative estimate of drug-likeness (QED) is 0.675. The van der Waals surface area contributed by atoms with Gasteiger partial charge in [0.05, 0.1) is 10.6 Å². The van der Waals surface area contributed by atoms with Gasteiger partial charge in [0, 0.05) is 16.8 Å². The standard InChI is InChI=1S/C11H13Cl2NOS/c1-7(6-12)14-11(15)9-5-8(16-2)3-4-10(9)13/h3-5,7H,6H2,1-2H3,(H,14,15). The summed E-state index contributed by atoms with van der Waals surface area (Å²) < 4.78 is 0. The van der Waals surface area contributed by atoms with Crippen molar-refractivity contribution < 1.29 is 4.79 Å². The lowest BCUT2D eigenvalue weighted by Gasteiger charge is -2.12. The Kier molecular flexibility index (Phi) is 5.46. The topological polar surface area (TPSA) is 29.1 Å². The van der Waals surface area contributed by atoms with Gasteiger partial charge in [-0.15, -0.1) is 23.4 Å². The summed E-state index contributed by atoms with van der Waals surface area (Å²) in [7, 11) is 0. The molecular weight excluding hydrogens is 265 g/mol. The Balaban J connectivity index is 2.89. The number of carbonyl (C=O) groups excluding carboxylic acids is 1. The summed E-state index contributed by atoms with van der Waals surface area (Å²) >= 11 is 13.2. The van der Waals surface area contributed by atoms with Crippen molar-refractivity contribution in [3.05, 3.63) is 28.8 Å². The average molecular weight is 278 g/mol. The van der Waals surface area contributed by atoms with Crippen molar-refractivity contribution >= 4 is 40.9 Å². The average Bonchev–Trinajstić information content (AvgIpc) is 2.29. The molecule has 0 aliphatic rings. The highest BCUT2D eigenvalue weighted by Gasteiger charge is 2.13. The van der Waals surface area contributed by atoms with E-state index >= 15 is 0 Å². The molecule has 0 heterocycles. The molecule has 0 aliphatic carbocycles. The van der Waals surface area contributed by atoms with Gasteiger partial charge < -0.3 is 5.32 Å². The largest absolute Gasteiger partial charge is 0.348 e. The minimum atomic E-state index is -0.186. The van der Waals surface area contributed by atoms with Crippen molar-refractivity contribution in [3.63, 3.8) is 0 Å². The molecular formula is C11H13Cl2NOS. The van der Waals surface area contributed by atoms with Crippen molar-refractivity contribution in [3.8, 4) is 0 Å². The van der Waals surface area contributed by atoms with E-state index in [1.54, 1.807) is 23.9 Å². The number of nitrogens with one attached hydrogen (secondary N) is 1. The van der Waals surface area contributed by atoms with Crippen LogP contribution in [-0.2, 0) is 0 Å². The molecule has 0 radical (unpaired) electrons. The molecule has 1 amide bonds. The molecule has 0 saturated carbocycles. The maximum atomic E-state index is 11.8. The van der Waals surface area contributed by atoms with Gasteiger partial charge in [-0.3, -0.25) is 4.79 Å². The summed E-state index contributed by atoms with van der Waals surface area (Å²) in [6.07, 6.45) is 1.95. The van der Waals surface area contributed by atoms with Crippen LogP contribution in [0.1, 0.15) is 17.3 Å². The summed E-state index contributed by atoms with van der Waals surface area (Å²) in [6, 6.07) is 5.33. The summed E-state index contributed by atoms with van der Waals surface area (Å²) in [5.41, 5.74) is 0.491. The number of rotatable bonds is 4. The second-order valence-corrected chi connectivity index (χ2v) is 4.97. The summed E-state index contributed by atoms with van der Waals surface area (Å²) in [6.45, 7) is 1.84. The Labute approximate surface area is 110 Å². The molecule has 0 spiro atoms. The van der Waals surface area contributed by atoms with Gasteiger partial charge in [0.15, 0.2) is 0 Å². The van der Waals surface area contributed by atoms with Crippen molar-refractivity contribution in [1.29, 1.82) is 0 Å². The molecule has 1 unspecified atom stereocenters. The van der Waals surface area contributed by atoms with E-state index in [4.69, 9.17) is 23.2 Å². The minimum absolute atomic E-state index is 0.0665. The first-order chi connectivity index (χ1) is 7.58. The smallest absolute Gasteiger partial charge is 0.253 e. The maximum Gasteiger partial charge on any atom is 0.253 e. The van der Waals surface area contributed by atoms with Crippen LogP contribution in [0.5, 0.6) is 0 Å². The molecule has 0 aromatic heterocycles. The van der Waals surface area contributed by atoms with Crippen molar-refractivity contribution in [2.75, 3.05) is 12.1 Å². The number of hydrogen-bond donors (Lipinski definition) is 1. The maximum absolute atomic E-state index is 11.8. The monoisotopic (exact) mass is 277 g/mol. The minimum Gasteiger partial charge on any atom is -0.348 e. The molecule has 1 atom stereocenters. The third-order valence-corrected chi connectivity index (χ3v) is 3.54. The fraction of sp³-hybridized carbons (Fsp3) is 0.364. The first-order valence-electron chi connectivity index (χ1n) is 4.79. The van der Waals surface area contributed by atoms with E-state index < -0.39 is 0 Å². The molecule has 2 nitrogen and oxygen atoms in total. The fourth-order valence-electron chi connectivity index (χ4n) is 1.15. The van der Waals surface area contributed by atoms with Crippen molar-refractivity contribution in [2.24, 2.45) is 0 Å². The summed E-state index contributed by atoms with van der Waals surface area (Å²) in [4.78, 5) is 12.8. The highest BCUT2D eigenvalue weighted by atomic mass is 35.5. The van der Waals surface area contributed by atoms with Gasteiger partial charge >= 0.3 is 0 Å². The van der Waals surface area contributed by atoms with Crippen LogP contribution in [-0.4, -0.2) is 24.1 Å². The van der Waals surface area contributed by atoms with Gasteiger partial charge in [-0.25, -0.2) is 0 Å². The van der Waals surface area contributed by atoms with Crippen molar-refractivity contribution in [1.82, 2.24) is 5.32 Å². The van der Waals surface area contributed by atoms with E-state index in [-0.39, 0.29) is 11.9 Å². The zero-order valence-electron chi connectivity index (χ0n) is 9.09. The molecule has 0 saturated heterocycles. The van der Waals surface area contributed by atoms with E-state index in [1.165, 1.54) is 0 Å². The van der Waals surface area contributed by atoms with Crippen LogP contribution < -0.4 is 5.32 Å². The Bertz CT molecular complexity index is 384. The van der Waals surface area contributed by atoms with Gasteiger partial charge in [-0.2, -0.15) is 0 Å². The van der Waals surface area contributed by atoms with Gasteiger partial charge in [0.1, 0.15) is 0 Å². The Morgan fingerprint density at radius 1 is 1.56 bits per heavy atom. The number of benzene rings is 1. The first-order valence-corrected chi connectivity index (χ1v) is 6.92. The van der Waals surface area contributed by atoms with Crippen LogP contribution in [0.2, 0.25) is 5.02 Å². The second kappa shape index (κ2) is 6.38. The summed E-state index contributed by atoms with van der Waals surface area (Å²) in [5.74, 6) is 0.194. The van der Waals surface area contributed by atoms with Gasteiger partial charge in [0.25, 0.3) is 5.91 Å². The highest BCUT2D eigenvalue weighted by molar-refractivity contribution is 7.98. The van der Waals surface area contributed by atoms with E-state index in [0.29, 0.717) is 16.5 Å². The number of thioether (sulfide) groups is 1. The number of carbonyl (C=O) groups is 1. The van der Waals surface area contributed by atoms with Crippen LogP contribution in [0.4, 0.5) is 0 Å².